The summed E-state index contributed by atoms with van der Waals surface area (Å²) < 4.78 is 6.43. The number of aromatic nitrogens is 2. The van der Waals surface area contributed by atoms with Crippen molar-refractivity contribution in [1.29, 1.82) is 0 Å². The molecular weight excluding hydrogens is 362 g/mol. The van der Waals surface area contributed by atoms with Gasteiger partial charge in [0.1, 0.15) is 17.6 Å². The molecule has 7 heteroatoms. The van der Waals surface area contributed by atoms with Crippen molar-refractivity contribution >= 4 is 44.7 Å². The molecule has 2 aromatic rings. The van der Waals surface area contributed by atoms with Gasteiger partial charge in [0.05, 0.1) is 6.54 Å². The fourth-order valence-corrected chi connectivity index (χ4v) is 3.36. The summed E-state index contributed by atoms with van der Waals surface area (Å²) in [4.78, 5) is 11.9. The number of anilines is 1. The molecule has 2 rings (SSSR count). The first-order valence-corrected chi connectivity index (χ1v) is 8.18. The average molecular weight is 377 g/mol. The van der Waals surface area contributed by atoms with E-state index in [0.29, 0.717) is 24.2 Å². The van der Waals surface area contributed by atoms with E-state index in [2.05, 4.69) is 37.3 Å². The van der Waals surface area contributed by atoms with E-state index in [0.717, 1.165) is 16.8 Å². The van der Waals surface area contributed by atoms with Gasteiger partial charge in [0.15, 0.2) is 5.82 Å². The molecule has 2 heterocycles. The lowest BCUT2D eigenvalue weighted by atomic mass is 10.4. The number of ether oxygens (including phenoxy) is 1. The fourth-order valence-electron chi connectivity index (χ4n) is 1.66. The van der Waals surface area contributed by atoms with E-state index < -0.39 is 0 Å². The maximum Gasteiger partial charge on any atom is 0.158 e. The molecule has 20 heavy (non-hydrogen) atoms. The number of hydrogen-bond donors (Lipinski definition) is 0. The molecule has 0 saturated carbocycles. The lowest BCUT2D eigenvalue weighted by Gasteiger charge is -2.18. The molecule has 4 nitrogen and oxygen atoms in total. The van der Waals surface area contributed by atoms with E-state index in [1.165, 1.54) is 4.88 Å². The summed E-state index contributed by atoms with van der Waals surface area (Å²) in [7, 11) is 1.98. The molecule has 0 unspecified atom stereocenters. The van der Waals surface area contributed by atoms with Gasteiger partial charge in [0, 0.05) is 34.5 Å². The first kappa shape index (κ1) is 15.7. The fraction of sp³-hybridized carbons (Fsp3) is 0.385. The second-order valence-electron chi connectivity index (χ2n) is 4.19. The van der Waals surface area contributed by atoms with Crippen molar-refractivity contribution in [3.05, 3.63) is 37.8 Å². The van der Waals surface area contributed by atoms with E-state index in [1.807, 2.05) is 18.9 Å². The van der Waals surface area contributed by atoms with Crippen molar-refractivity contribution in [2.45, 2.75) is 20.1 Å². The molecule has 0 aliphatic heterocycles. The molecule has 0 amide bonds. The summed E-state index contributed by atoms with van der Waals surface area (Å²) >= 11 is 11.2. The van der Waals surface area contributed by atoms with Crippen molar-refractivity contribution in [1.82, 2.24) is 9.97 Å². The Morgan fingerprint density at radius 1 is 1.40 bits per heavy atom. The highest BCUT2D eigenvalue weighted by molar-refractivity contribution is 9.10. The van der Waals surface area contributed by atoms with Crippen molar-refractivity contribution in [3.63, 3.8) is 0 Å². The first-order chi connectivity index (χ1) is 9.58. The molecule has 0 fully saturated rings. The lowest BCUT2D eigenvalue weighted by Crippen LogP contribution is -2.18. The molecule has 0 aliphatic carbocycles. The molecule has 0 bridgehead atoms. The van der Waals surface area contributed by atoms with Crippen LogP contribution in [0.1, 0.15) is 17.6 Å². The van der Waals surface area contributed by atoms with Crippen LogP contribution < -0.4 is 4.90 Å². The molecule has 0 saturated heterocycles. The van der Waals surface area contributed by atoms with E-state index in [-0.39, 0.29) is 0 Å². The van der Waals surface area contributed by atoms with Gasteiger partial charge >= 0.3 is 0 Å². The van der Waals surface area contributed by atoms with Crippen LogP contribution in [0.5, 0.6) is 0 Å². The van der Waals surface area contributed by atoms with Gasteiger partial charge in [-0.15, -0.1) is 11.3 Å². The molecule has 0 N–H and O–H groups in total. The molecule has 0 spiro atoms. The minimum Gasteiger partial charge on any atom is -0.374 e. The Kier molecular flexibility index (Phi) is 5.77. The Labute approximate surface area is 135 Å². The SMILES string of the molecule is CCOCc1nc(Cl)cc(N(C)Cc2cc(Br)cs2)n1. The van der Waals surface area contributed by atoms with E-state index in [4.69, 9.17) is 16.3 Å². The van der Waals surface area contributed by atoms with Crippen molar-refractivity contribution in [2.75, 3.05) is 18.6 Å². The van der Waals surface area contributed by atoms with Gasteiger partial charge in [0.2, 0.25) is 0 Å². The summed E-state index contributed by atoms with van der Waals surface area (Å²) in [6.07, 6.45) is 0. The zero-order valence-electron chi connectivity index (χ0n) is 11.3. The second kappa shape index (κ2) is 7.36. The topological polar surface area (TPSA) is 38.2 Å². The normalized spacial score (nSPS) is 10.8. The quantitative estimate of drug-likeness (QED) is 0.711. The summed E-state index contributed by atoms with van der Waals surface area (Å²) in [5.74, 6) is 1.40. The van der Waals surface area contributed by atoms with Crippen LogP contribution in [0.4, 0.5) is 5.82 Å². The average Bonchev–Trinajstić information content (AvgIpc) is 2.81. The molecule has 0 aliphatic rings. The highest BCUT2D eigenvalue weighted by Crippen LogP contribution is 2.23. The monoisotopic (exact) mass is 375 g/mol. The van der Waals surface area contributed by atoms with Crippen molar-refractivity contribution < 1.29 is 4.74 Å². The number of thiophene rings is 1. The highest BCUT2D eigenvalue weighted by Gasteiger charge is 2.09. The minimum absolute atomic E-state index is 0.377. The molecule has 0 atom stereocenters. The van der Waals surface area contributed by atoms with Gasteiger partial charge in [-0.05, 0) is 28.9 Å². The summed E-state index contributed by atoms with van der Waals surface area (Å²) in [6, 6.07) is 3.87. The number of nitrogens with zero attached hydrogens (tertiary/aromatic N) is 3. The Morgan fingerprint density at radius 3 is 2.85 bits per heavy atom. The van der Waals surface area contributed by atoms with E-state index >= 15 is 0 Å². The number of hydrogen-bond acceptors (Lipinski definition) is 5. The maximum atomic E-state index is 6.04. The van der Waals surface area contributed by atoms with Crippen LogP contribution in [0.15, 0.2) is 22.0 Å². The third kappa shape index (κ3) is 4.41. The minimum atomic E-state index is 0.377. The van der Waals surface area contributed by atoms with Gasteiger partial charge < -0.3 is 9.64 Å². The first-order valence-electron chi connectivity index (χ1n) is 6.13. The lowest BCUT2D eigenvalue weighted by molar-refractivity contribution is 0.128. The standard InChI is InChI=1S/C13H15BrClN3OS/c1-3-19-7-12-16-11(15)5-13(17-12)18(2)6-10-4-9(14)8-20-10/h4-5,8H,3,6-7H2,1-2H3. The van der Waals surface area contributed by atoms with Crippen LogP contribution in [0.2, 0.25) is 5.15 Å². The zero-order chi connectivity index (χ0) is 14.5. The van der Waals surface area contributed by atoms with Gasteiger partial charge in [0.25, 0.3) is 0 Å². The van der Waals surface area contributed by atoms with Gasteiger partial charge in [-0.1, -0.05) is 11.6 Å². The van der Waals surface area contributed by atoms with Crippen LogP contribution in [0.25, 0.3) is 0 Å². The van der Waals surface area contributed by atoms with Gasteiger partial charge in [-0.25, -0.2) is 9.97 Å². The van der Waals surface area contributed by atoms with Crippen molar-refractivity contribution in [3.8, 4) is 0 Å². The summed E-state index contributed by atoms with van der Waals surface area (Å²) in [5.41, 5.74) is 0. The Balaban J connectivity index is 2.12. The van der Waals surface area contributed by atoms with Crippen LogP contribution in [0.3, 0.4) is 0 Å². The Hall–Kier alpha value is -0.690. The zero-order valence-corrected chi connectivity index (χ0v) is 14.4. The highest BCUT2D eigenvalue weighted by atomic mass is 79.9. The Bertz CT molecular complexity index is 578. The smallest absolute Gasteiger partial charge is 0.158 e. The number of rotatable bonds is 6. The van der Waals surface area contributed by atoms with Crippen LogP contribution in [0, 0.1) is 0 Å². The molecule has 0 aromatic carbocycles. The molecule has 0 radical (unpaired) electrons. The van der Waals surface area contributed by atoms with Crippen LogP contribution in [-0.2, 0) is 17.9 Å². The van der Waals surface area contributed by atoms with Crippen LogP contribution in [-0.4, -0.2) is 23.6 Å². The predicted molar refractivity (Wildman–Crippen MR) is 86.5 cm³/mol. The van der Waals surface area contributed by atoms with E-state index in [1.54, 1.807) is 17.4 Å². The molecule has 2 aromatic heterocycles. The van der Waals surface area contributed by atoms with Crippen molar-refractivity contribution in [2.24, 2.45) is 0 Å². The summed E-state index contributed by atoms with van der Waals surface area (Å²) in [5, 5.41) is 2.50. The van der Waals surface area contributed by atoms with Crippen LogP contribution >= 0.6 is 38.9 Å². The number of halogens is 2. The van der Waals surface area contributed by atoms with E-state index in [9.17, 15) is 0 Å². The predicted octanol–water partition coefficient (Wildman–Crippen LogP) is 4.13. The molecule has 108 valence electrons. The Morgan fingerprint density at radius 2 is 2.20 bits per heavy atom. The largest absolute Gasteiger partial charge is 0.374 e. The second-order valence-corrected chi connectivity index (χ2v) is 6.49. The van der Waals surface area contributed by atoms with Gasteiger partial charge in [-0.3, -0.25) is 0 Å². The summed E-state index contributed by atoms with van der Waals surface area (Å²) in [6.45, 7) is 3.72. The van der Waals surface area contributed by atoms with Gasteiger partial charge in [-0.2, -0.15) is 0 Å². The maximum absolute atomic E-state index is 6.04. The third-order valence-corrected chi connectivity index (χ3v) is 4.44. The molecular formula is C13H15BrClN3OS. The third-order valence-electron chi connectivity index (χ3n) is 2.57.